The van der Waals surface area contributed by atoms with Crippen LogP contribution in [0, 0.1) is 5.92 Å². The van der Waals surface area contributed by atoms with E-state index in [1.54, 1.807) is 0 Å². The van der Waals surface area contributed by atoms with Crippen molar-refractivity contribution in [3.8, 4) is 0 Å². The maximum absolute atomic E-state index is 12.0. The van der Waals surface area contributed by atoms with Crippen molar-refractivity contribution in [3.63, 3.8) is 0 Å². The van der Waals surface area contributed by atoms with Crippen LogP contribution < -0.4 is 10.6 Å². The predicted octanol–water partition coefficient (Wildman–Crippen LogP) is 2.24. The van der Waals surface area contributed by atoms with Gasteiger partial charge in [0.15, 0.2) is 0 Å². The molecule has 0 bridgehead atoms. The molecule has 2 fully saturated rings. The first-order valence-corrected chi connectivity index (χ1v) is 8.06. The minimum absolute atomic E-state index is 0.0789. The molecule has 22 heavy (non-hydrogen) atoms. The molecular formula is C17H24N2O3. The number of nitrogens with one attached hydrogen (secondary N) is 2. The van der Waals surface area contributed by atoms with E-state index in [1.807, 2.05) is 25.1 Å². The van der Waals surface area contributed by atoms with Gasteiger partial charge in [0, 0.05) is 25.7 Å². The van der Waals surface area contributed by atoms with Gasteiger partial charge in [0.25, 0.3) is 0 Å². The van der Waals surface area contributed by atoms with Crippen LogP contribution in [-0.2, 0) is 9.47 Å². The second-order valence-corrected chi connectivity index (χ2v) is 6.08. The van der Waals surface area contributed by atoms with Crippen molar-refractivity contribution in [1.82, 2.24) is 10.6 Å². The second kappa shape index (κ2) is 7.11. The molecule has 2 amide bonds. The van der Waals surface area contributed by atoms with Crippen LogP contribution in [0.5, 0.6) is 0 Å². The van der Waals surface area contributed by atoms with Crippen LogP contribution in [0.3, 0.4) is 0 Å². The highest BCUT2D eigenvalue weighted by Crippen LogP contribution is 2.33. The zero-order valence-electron chi connectivity index (χ0n) is 13.0. The first-order chi connectivity index (χ1) is 10.7. The molecule has 3 rings (SSSR count). The number of carbonyl (C=O) groups excluding carboxylic acids is 1. The average molecular weight is 304 g/mol. The molecule has 1 aromatic rings. The summed E-state index contributed by atoms with van der Waals surface area (Å²) < 4.78 is 11.3. The predicted molar refractivity (Wildman–Crippen MR) is 83.6 cm³/mol. The Morgan fingerprint density at radius 2 is 1.95 bits per heavy atom. The summed E-state index contributed by atoms with van der Waals surface area (Å²) in [7, 11) is 0. The molecule has 0 spiro atoms. The van der Waals surface area contributed by atoms with Crippen LogP contribution in [0.15, 0.2) is 30.3 Å². The summed E-state index contributed by atoms with van der Waals surface area (Å²) in [5.41, 5.74) is 1.19. The minimum Gasteiger partial charge on any atom is -0.376 e. The third-order valence-electron chi connectivity index (χ3n) is 4.56. The van der Waals surface area contributed by atoms with E-state index in [2.05, 4.69) is 22.8 Å². The molecule has 0 aliphatic carbocycles. The lowest BCUT2D eigenvalue weighted by Gasteiger charge is -2.21. The molecule has 5 heteroatoms. The highest BCUT2D eigenvalue weighted by molar-refractivity contribution is 5.74. The lowest BCUT2D eigenvalue weighted by molar-refractivity contribution is 0.0907. The van der Waals surface area contributed by atoms with Gasteiger partial charge in [-0.15, -0.1) is 0 Å². The Bertz CT molecular complexity index is 494. The third-order valence-corrected chi connectivity index (χ3v) is 4.56. The Labute approximate surface area is 131 Å². The van der Waals surface area contributed by atoms with E-state index < -0.39 is 0 Å². The van der Waals surface area contributed by atoms with Gasteiger partial charge in [-0.25, -0.2) is 4.79 Å². The third kappa shape index (κ3) is 3.59. The number of rotatable bonds is 4. The Kier molecular flexibility index (Phi) is 4.95. The van der Waals surface area contributed by atoms with E-state index in [-0.39, 0.29) is 24.3 Å². The van der Waals surface area contributed by atoms with Gasteiger partial charge >= 0.3 is 6.03 Å². The van der Waals surface area contributed by atoms with Gasteiger partial charge in [0.2, 0.25) is 0 Å². The zero-order chi connectivity index (χ0) is 15.4. The molecule has 2 N–H and O–H groups in total. The second-order valence-electron chi connectivity index (χ2n) is 6.08. The van der Waals surface area contributed by atoms with Gasteiger partial charge in [-0.2, -0.15) is 0 Å². The summed E-state index contributed by atoms with van der Waals surface area (Å²) in [6.07, 6.45) is 2.03. The summed E-state index contributed by atoms with van der Waals surface area (Å²) in [6.45, 7) is 4.10. The minimum atomic E-state index is -0.110. The summed E-state index contributed by atoms with van der Waals surface area (Å²) >= 11 is 0. The molecule has 4 atom stereocenters. The van der Waals surface area contributed by atoms with Crippen molar-refractivity contribution in [2.75, 3.05) is 19.8 Å². The summed E-state index contributed by atoms with van der Waals surface area (Å²) in [5.74, 6) is 0.324. The van der Waals surface area contributed by atoms with Crippen LogP contribution in [-0.4, -0.2) is 37.9 Å². The number of amides is 2. The lowest BCUT2D eigenvalue weighted by Crippen LogP contribution is -2.46. The largest absolute Gasteiger partial charge is 0.376 e. The van der Waals surface area contributed by atoms with E-state index in [4.69, 9.17) is 9.47 Å². The van der Waals surface area contributed by atoms with Crippen molar-refractivity contribution in [3.05, 3.63) is 35.9 Å². The molecule has 2 aliphatic heterocycles. The highest BCUT2D eigenvalue weighted by Gasteiger charge is 2.30. The first-order valence-electron chi connectivity index (χ1n) is 8.06. The molecule has 120 valence electrons. The van der Waals surface area contributed by atoms with E-state index in [9.17, 15) is 4.79 Å². The number of urea groups is 1. The molecule has 2 unspecified atom stereocenters. The fourth-order valence-corrected chi connectivity index (χ4v) is 3.22. The van der Waals surface area contributed by atoms with Gasteiger partial charge in [-0.05, 0) is 25.3 Å². The smallest absolute Gasteiger partial charge is 0.315 e. The maximum atomic E-state index is 12.0. The van der Waals surface area contributed by atoms with Crippen LogP contribution in [0.25, 0.3) is 0 Å². The van der Waals surface area contributed by atoms with E-state index >= 15 is 0 Å². The van der Waals surface area contributed by atoms with Crippen LogP contribution in [0.4, 0.5) is 4.79 Å². The summed E-state index contributed by atoms with van der Waals surface area (Å²) in [5, 5.41) is 5.98. The molecule has 0 saturated carbocycles. The van der Waals surface area contributed by atoms with Gasteiger partial charge < -0.3 is 20.1 Å². The topological polar surface area (TPSA) is 59.6 Å². The molecule has 1 aromatic carbocycles. The van der Waals surface area contributed by atoms with Crippen molar-refractivity contribution in [1.29, 1.82) is 0 Å². The number of hydrogen-bond acceptors (Lipinski definition) is 3. The number of hydrogen-bond donors (Lipinski definition) is 2. The van der Waals surface area contributed by atoms with Gasteiger partial charge in [-0.1, -0.05) is 30.3 Å². The van der Waals surface area contributed by atoms with Crippen LogP contribution in [0.1, 0.15) is 31.4 Å². The Morgan fingerprint density at radius 1 is 1.18 bits per heavy atom. The van der Waals surface area contributed by atoms with Crippen LogP contribution >= 0.6 is 0 Å². The van der Waals surface area contributed by atoms with E-state index in [1.165, 1.54) is 5.56 Å². The lowest BCUT2D eigenvalue weighted by atomic mass is 9.95. The van der Waals surface area contributed by atoms with Gasteiger partial charge in [-0.3, -0.25) is 0 Å². The Balaban J connectivity index is 1.49. The van der Waals surface area contributed by atoms with Gasteiger partial charge in [0.05, 0.1) is 18.2 Å². The van der Waals surface area contributed by atoms with Crippen molar-refractivity contribution in [2.24, 2.45) is 5.92 Å². The first kappa shape index (κ1) is 15.3. The Hall–Kier alpha value is -1.59. The summed E-state index contributed by atoms with van der Waals surface area (Å²) in [6, 6.07) is 10.2. The zero-order valence-corrected chi connectivity index (χ0v) is 13.0. The summed E-state index contributed by atoms with van der Waals surface area (Å²) in [4.78, 5) is 12.0. The molecule has 2 aliphatic rings. The molecular weight excluding hydrogens is 280 g/mol. The monoisotopic (exact) mass is 304 g/mol. The normalized spacial score (nSPS) is 31.1. The van der Waals surface area contributed by atoms with Crippen LogP contribution in [0.2, 0.25) is 0 Å². The molecule has 2 saturated heterocycles. The average Bonchev–Trinajstić information content (AvgIpc) is 3.16. The maximum Gasteiger partial charge on any atom is 0.315 e. The molecule has 2 heterocycles. The number of carbonyl (C=O) groups is 1. The van der Waals surface area contributed by atoms with E-state index in [0.717, 1.165) is 26.1 Å². The van der Waals surface area contributed by atoms with Gasteiger partial charge in [0.1, 0.15) is 0 Å². The quantitative estimate of drug-likeness (QED) is 0.897. The molecule has 0 radical (unpaired) electrons. The number of ether oxygens (including phenoxy) is 2. The van der Waals surface area contributed by atoms with Crippen molar-refractivity contribution < 1.29 is 14.3 Å². The standard InChI is InChI=1S/C17H24N2O3/c1-12-15(8-10-21-12)19-17(20)18-11-14-7-9-22-16(14)13-5-3-2-4-6-13/h2-6,12,14-16H,7-11H2,1H3,(H2,18,19,20)/t12?,14-,15?,16-/m1/s1. The van der Waals surface area contributed by atoms with Crippen molar-refractivity contribution in [2.45, 2.75) is 38.0 Å². The fraction of sp³-hybridized carbons (Fsp3) is 0.588. The highest BCUT2D eigenvalue weighted by atomic mass is 16.5. The SMILES string of the molecule is CC1OCCC1NC(=O)NC[C@H]1CCO[C@@H]1c1ccccc1. The number of benzene rings is 1. The molecule has 0 aromatic heterocycles. The molecule has 5 nitrogen and oxygen atoms in total. The van der Waals surface area contributed by atoms with Crippen molar-refractivity contribution >= 4 is 6.03 Å². The van der Waals surface area contributed by atoms with E-state index in [0.29, 0.717) is 12.5 Å². The fourth-order valence-electron chi connectivity index (χ4n) is 3.22. The Morgan fingerprint density at radius 3 is 2.68 bits per heavy atom.